The van der Waals surface area contributed by atoms with E-state index >= 15 is 0 Å². The molecule has 3 rings (SSSR count). The third-order valence-corrected chi connectivity index (χ3v) is 6.18. The molecule has 0 heterocycles. The van der Waals surface area contributed by atoms with Gasteiger partial charge < -0.3 is 15.2 Å². The Morgan fingerprint density at radius 3 is 2.24 bits per heavy atom. The van der Waals surface area contributed by atoms with Gasteiger partial charge in [-0.25, -0.2) is 0 Å². The van der Waals surface area contributed by atoms with E-state index in [1.165, 1.54) is 30.3 Å². The summed E-state index contributed by atoms with van der Waals surface area (Å²) >= 11 is -0.210. The Morgan fingerprint density at radius 2 is 1.57 bits per heavy atom. The Balaban J connectivity index is 1.84. The van der Waals surface area contributed by atoms with Crippen LogP contribution in [-0.4, -0.2) is 23.3 Å². The summed E-state index contributed by atoms with van der Waals surface area (Å²) in [5.41, 5.74) is -3.63. The number of hydrogen-bond acceptors (Lipinski definition) is 4. The molecular formula is C27H27F6NO2S. The average Bonchev–Trinajstić information content (AvgIpc) is 2.82. The van der Waals surface area contributed by atoms with Crippen LogP contribution in [0.1, 0.15) is 48.1 Å². The molecule has 0 fully saturated rings. The molecule has 0 aliphatic heterocycles. The first-order chi connectivity index (χ1) is 17.4. The number of thioether (sulfide) groups is 1. The van der Waals surface area contributed by atoms with Gasteiger partial charge in [0.2, 0.25) is 0 Å². The minimum atomic E-state index is -4.46. The molecule has 2 atom stereocenters. The fourth-order valence-electron chi connectivity index (χ4n) is 3.80. The molecular weight excluding hydrogens is 516 g/mol. The Morgan fingerprint density at radius 1 is 0.892 bits per heavy atom. The molecule has 0 spiro atoms. The highest BCUT2D eigenvalue weighted by Crippen LogP contribution is 2.38. The summed E-state index contributed by atoms with van der Waals surface area (Å²) in [6.07, 6.45) is -3.77. The van der Waals surface area contributed by atoms with Gasteiger partial charge >= 0.3 is 11.7 Å². The molecule has 0 bridgehead atoms. The largest absolute Gasteiger partial charge is 0.489 e. The van der Waals surface area contributed by atoms with Gasteiger partial charge in [0.1, 0.15) is 12.4 Å². The number of aliphatic hydroxyl groups excluding tert-OH is 1. The molecule has 0 saturated carbocycles. The monoisotopic (exact) mass is 543 g/mol. The molecule has 37 heavy (non-hydrogen) atoms. The van der Waals surface area contributed by atoms with E-state index in [1.54, 1.807) is 30.3 Å². The maximum atomic E-state index is 13.0. The number of rotatable bonds is 11. The minimum absolute atomic E-state index is 0.0304. The lowest BCUT2D eigenvalue weighted by molar-refractivity contribution is -0.137. The molecule has 3 aromatic carbocycles. The first-order valence-electron chi connectivity index (χ1n) is 11.6. The molecule has 10 heteroatoms. The summed E-state index contributed by atoms with van der Waals surface area (Å²) in [5.74, 6) is 0.386. The van der Waals surface area contributed by atoms with Crippen molar-refractivity contribution >= 4 is 11.8 Å². The Kier molecular flexibility index (Phi) is 9.92. The molecule has 0 aromatic heterocycles. The van der Waals surface area contributed by atoms with Crippen molar-refractivity contribution in [3.05, 3.63) is 95.1 Å². The molecule has 200 valence electrons. The van der Waals surface area contributed by atoms with Crippen molar-refractivity contribution in [2.45, 2.75) is 55.1 Å². The molecule has 0 saturated heterocycles. The van der Waals surface area contributed by atoms with Gasteiger partial charge in [0.15, 0.2) is 0 Å². The van der Waals surface area contributed by atoms with E-state index in [9.17, 15) is 31.4 Å². The summed E-state index contributed by atoms with van der Waals surface area (Å²) < 4.78 is 83.6. The number of ether oxygens (including phenoxy) is 1. The lowest BCUT2D eigenvalue weighted by atomic mass is 9.98. The van der Waals surface area contributed by atoms with E-state index in [4.69, 9.17) is 4.74 Å². The van der Waals surface area contributed by atoms with Crippen LogP contribution in [0, 0.1) is 0 Å². The Labute approximate surface area is 215 Å². The van der Waals surface area contributed by atoms with Gasteiger partial charge in [0, 0.05) is 11.4 Å². The SMILES string of the molecule is CCCC(O)CNC(c1cccc(OCc2cccc(C(F)(F)F)c2)c1)c1cccc(SC(F)(F)F)c1. The summed E-state index contributed by atoms with van der Waals surface area (Å²) in [4.78, 5) is 0.0304. The van der Waals surface area contributed by atoms with Crippen LogP contribution < -0.4 is 10.1 Å². The second-order valence-electron chi connectivity index (χ2n) is 8.46. The average molecular weight is 544 g/mol. The van der Waals surface area contributed by atoms with Gasteiger partial charge in [0.05, 0.1) is 17.7 Å². The molecule has 0 radical (unpaired) electrons. The summed E-state index contributed by atoms with van der Waals surface area (Å²) in [5, 5.41) is 13.5. The van der Waals surface area contributed by atoms with Crippen LogP contribution in [0.25, 0.3) is 0 Å². The number of nitrogens with one attached hydrogen (secondary N) is 1. The van der Waals surface area contributed by atoms with Gasteiger partial charge in [0.25, 0.3) is 0 Å². The predicted molar refractivity (Wildman–Crippen MR) is 131 cm³/mol. The second kappa shape index (κ2) is 12.7. The number of alkyl halides is 6. The molecule has 2 unspecified atom stereocenters. The zero-order valence-corrected chi connectivity index (χ0v) is 20.8. The van der Waals surface area contributed by atoms with E-state index in [0.717, 1.165) is 18.6 Å². The first-order valence-corrected chi connectivity index (χ1v) is 12.4. The van der Waals surface area contributed by atoms with Crippen molar-refractivity contribution in [1.82, 2.24) is 5.32 Å². The fraction of sp³-hybridized carbons (Fsp3) is 0.333. The van der Waals surface area contributed by atoms with E-state index in [-0.39, 0.29) is 29.8 Å². The smallest absolute Gasteiger partial charge is 0.446 e. The van der Waals surface area contributed by atoms with Crippen molar-refractivity contribution < 1.29 is 36.2 Å². The normalized spacial score (nSPS) is 13.8. The topological polar surface area (TPSA) is 41.5 Å². The minimum Gasteiger partial charge on any atom is -0.489 e. The van der Waals surface area contributed by atoms with Crippen LogP contribution in [0.3, 0.4) is 0 Å². The zero-order valence-electron chi connectivity index (χ0n) is 19.9. The lowest BCUT2D eigenvalue weighted by Gasteiger charge is -2.23. The van der Waals surface area contributed by atoms with E-state index in [0.29, 0.717) is 28.9 Å². The molecule has 3 aromatic rings. The second-order valence-corrected chi connectivity index (χ2v) is 9.60. The molecule has 0 aliphatic carbocycles. The van der Waals surface area contributed by atoms with Crippen LogP contribution in [-0.2, 0) is 12.8 Å². The summed E-state index contributed by atoms with van der Waals surface area (Å²) in [7, 11) is 0. The van der Waals surface area contributed by atoms with E-state index in [1.807, 2.05) is 6.92 Å². The van der Waals surface area contributed by atoms with E-state index < -0.39 is 29.4 Å². The number of halogens is 6. The highest BCUT2D eigenvalue weighted by Gasteiger charge is 2.31. The number of benzene rings is 3. The van der Waals surface area contributed by atoms with Gasteiger partial charge in [-0.3, -0.25) is 0 Å². The zero-order chi connectivity index (χ0) is 27.1. The lowest BCUT2D eigenvalue weighted by Crippen LogP contribution is -2.31. The maximum Gasteiger partial charge on any atom is 0.446 e. The fourth-order valence-corrected chi connectivity index (χ4v) is 4.41. The Bertz CT molecular complexity index is 1150. The van der Waals surface area contributed by atoms with Crippen LogP contribution in [0.5, 0.6) is 5.75 Å². The van der Waals surface area contributed by atoms with Crippen LogP contribution in [0.4, 0.5) is 26.3 Å². The number of aliphatic hydroxyl groups is 1. The van der Waals surface area contributed by atoms with Crippen molar-refractivity contribution in [2.24, 2.45) is 0 Å². The molecule has 0 aliphatic rings. The third kappa shape index (κ3) is 9.28. The summed E-state index contributed by atoms with van der Waals surface area (Å²) in [6.45, 7) is 2.05. The van der Waals surface area contributed by atoms with Gasteiger partial charge in [-0.2, -0.15) is 26.3 Å². The number of hydrogen-bond donors (Lipinski definition) is 2. The van der Waals surface area contributed by atoms with Gasteiger partial charge in [-0.1, -0.05) is 49.7 Å². The van der Waals surface area contributed by atoms with Gasteiger partial charge in [-0.15, -0.1) is 0 Å². The van der Waals surface area contributed by atoms with Crippen LogP contribution in [0.15, 0.2) is 77.7 Å². The van der Waals surface area contributed by atoms with Gasteiger partial charge in [-0.05, 0) is 71.3 Å². The highest BCUT2D eigenvalue weighted by atomic mass is 32.2. The van der Waals surface area contributed by atoms with Crippen molar-refractivity contribution in [2.75, 3.05) is 6.54 Å². The van der Waals surface area contributed by atoms with E-state index in [2.05, 4.69) is 5.32 Å². The van der Waals surface area contributed by atoms with Crippen LogP contribution >= 0.6 is 11.8 Å². The maximum absolute atomic E-state index is 13.0. The standard InChI is InChI=1S/C27H27F6NO2S/c1-2-6-22(35)16-34-25(20-9-5-12-24(15-20)37-27(31,32)33)19-8-4-11-23(14-19)36-17-18-7-3-10-21(13-18)26(28,29)30/h3-5,7-15,22,25,34-35H,2,6,16-17H2,1H3. The highest BCUT2D eigenvalue weighted by molar-refractivity contribution is 8.00. The van der Waals surface area contributed by atoms with Crippen molar-refractivity contribution in [3.63, 3.8) is 0 Å². The molecule has 3 nitrogen and oxygen atoms in total. The van der Waals surface area contributed by atoms with Crippen LogP contribution in [0.2, 0.25) is 0 Å². The Hall–Kier alpha value is -2.69. The third-order valence-electron chi connectivity index (χ3n) is 5.46. The first kappa shape index (κ1) is 28.9. The summed E-state index contributed by atoms with van der Waals surface area (Å²) in [6, 6.07) is 17.1. The quantitative estimate of drug-likeness (QED) is 0.192. The molecule has 2 N–H and O–H groups in total. The van der Waals surface area contributed by atoms with Crippen molar-refractivity contribution in [1.29, 1.82) is 0 Å². The van der Waals surface area contributed by atoms with Crippen molar-refractivity contribution in [3.8, 4) is 5.75 Å². The molecule has 0 amide bonds. The predicted octanol–water partition coefficient (Wildman–Crippen LogP) is 7.74.